The Balaban J connectivity index is 1.37. The standard InChI is InChI=1S/C28H33NO6/c1-18(26(31)34-24-15-9-10-16-29(24)27(32)35-28(2,3)4)25(30)33-17-23-21-13-7-5-11-19(21)20-12-6-8-14-22(20)23/h5-8,11-14,18,23-24H,9-10,15-17H2,1-4H3. The van der Waals surface area contributed by atoms with Gasteiger partial charge in [-0.25, -0.2) is 4.79 Å². The lowest BCUT2D eigenvalue weighted by atomic mass is 9.98. The van der Waals surface area contributed by atoms with Crippen LogP contribution in [0.3, 0.4) is 0 Å². The molecule has 35 heavy (non-hydrogen) atoms. The Morgan fingerprint density at radius 2 is 1.54 bits per heavy atom. The smallest absolute Gasteiger partial charge is 0.413 e. The molecule has 0 spiro atoms. The molecule has 2 unspecified atom stereocenters. The van der Waals surface area contributed by atoms with Crippen LogP contribution >= 0.6 is 0 Å². The number of amides is 1. The number of hydrogen-bond donors (Lipinski definition) is 0. The Hall–Kier alpha value is -3.35. The van der Waals surface area contributed by atoms with Gasteiger partial charge >= 0.3 is 18.0 Å². The lowest BCUT2D eigenvalue weighted by Crippen LogP contribution is -2.48. The van der Waals surface area contributed by atoms with Crippen molar-refractivity contribution in [3.8, 4) is 11.1 Å². The molecule has 2 aromatic carbocycles. The average Bonchev–Trinajstić information content (AvgIpc) is 3.15. The zero-order chi connectivity index (χ0) is 25.2. The van der Waals surface area contributed by atoms with Crippen LogP contribution in [0, 0.1) is 5.92 Å². The van der Waals surface area contributed by atoms with Crippen LogP contribution < -0.4 is 0 Å². The van der Waals surface area contributed by atoms with E-state index in [1.165, 1.54) is 11.8 Å². The van der Waals surface area contributed by atoms with Crippen molar-refractivity contribution >= 4 is 18.0 Å². The van der Waals surface area contributed by atoms with Crippen molar-refractivity contribution in [3.63, 3.8) is 0 Å². The zero-order valence-electron chi connectivity index (χ0n) is 20.8. The minimum atomic E-state index is -1.11. The number of carbonyl (C=O) groups is 3. The van der Waals surface area contributed by atoms with Gasteiger partial charge in [0.2, 0.25) is 0 Å². The summed E-state index contributed by atoms with van der Waals surface area (Å²) in [6.07, 6.45) is 0.840. The highest BCUT2D eigenvalue weighted by Crippen LogP contribution is 2.44. The van der Waals surface area contributed by atoms with Crippen molar-refractivity contribution in [3.05, 3.63) is 59.7 Å². The number of benzene rings is 2. The van der Waals surface area contributed by atoms with Gasteiger partial charge in [-0.05, 0) is 62.8 Å². The zero-order valence-corrected chi connectivity index (χ0v) is 20.8. The number of carbonyl (C=O) groups excluding carboxylic acids is 3. The SMILES string of the molecule is CC(C(=O)OCC1c2ccccc2-c2ccccc21)C(=O)OC1CCCCN1C(=O)OC(C)(C)C. The minimum absolute atomic E-state index is 0.0874. The van der Waals surface area contributed by atoms with Crippen molar-refractivity contribution in [1.29, 1.82) is 0 Å². The summed E-state index contributed by atoms with van der Waals surface area (Å²) < 4.78 is 16.7. The second kappa shape index (κ2) is 10.1. The number of nitrogens with zero attached hydrogens (tertiary/aromatic N) is 1. The number of fused-ring (bicyclic) bond motifs is 3. The summed E-state index contributed by atoms with van der Waals surface area (Å²) in [7, 11) is 0. The molecule has 1 saturated heterocycles. The Morgan fingerprint density at radius 1 is 0.943 bits per heavy atom. The van der Waals surface area contributed by atoms with E-state index < -0.39 is 35.8 Å². The Morgan fingerprint density at radius 3 is 2.14 bits per heavy atom. The maximum atomic E-state index is 12.8. The molecular formula is C28H33NO6. The third-order valence-corrected chi connectivity index (χ3v) is 6.39. The molecule has 0 bridgehead atoms. The number of ether oxygens (including phenoxy) is 3. The molecule has 0 saturated carbocycles. The van der Waals surface area contributed by atoms with Gasteiger partial charge in [-0.2, -0.15) is 0 Å². The maximum Gasteiger partial charge on any atom is 0.413 e. The first-order valence-corrected chi connectivity index (χ1v) is 12.2. The second-order valence-corrected chi connectivity index (χ2v) is 10.1. The molecule has 7 nitrogen and oxygen atoms in total. The van der Waals surface area contributed by atoms with Gasteiger partial charge in [-0.1, -0.05) is 48.5 Å². The van der Waals surface area contributed by atoms with Crippen molar-refractivity contribution < 1.29 is 28.6 Å². The summed E-state index contributed by atoms with van der Waals surface area (Å²) in [6.45, 7) is 7.41. The number of rotatable bonds is 5. The van der Waals surface area contributed by atoms with Gasteiger partial charge in [0.05, 0.1) is 0 Å². The van der Waals surface area contributed by atoms with E-state index in [0.29, 0.717) is 13.0 Å². The van der Waals surface area contributed by atoms with Crippen LogP contribution in [0.25, 0.3) is 11.1 Å². The van der Waals surface area contributed by atoms with Crippen molar-refractivity contribution in [2.45, 2.75) is 64.7 Å². The predicted molar refractivity (Wildman–Crippen MR) is 131 cm³/mol. The topological polar surface area (TPSA) is 82.1 Å². The van der Waals surface area contributed by atoms with E-state index in [0.717, 1.165) is 35.1 Å². The van der Waals surface area contributed by atoms with E-state index in [4.69, 9.17) is 14.2 Å². The Labute approximate surface area is 206 Å². The Bertz CT molecular complexity index is 1060. The van der Waals surface area contributed by atoms with Gasteiger partial charge in [0, 0.05) is 18.9 Å². The van der Waals surface area contributed by atoms with E-state index in [-0.39, 0.29) is 12.5 Å². The average molecular weight is 480 g/mol. The van der Waals surface area contributed by atoms with E-state index in [9.17, 15) is 14.4 Å². The molecule has 1 fully saturated rings. The van der Waals surface area contributed by atoms with E-state index in [1.807, 2.05) is 36.4 Å². The monoisotopic (exact) mass is 479 g/mol. The summed E-state index contributed by atoms with van der Waals surface area (Å²) >= 11 is 0. The molecule has 1 aliphatic heterocycles. The van der Waals surface area contributed by atoms with Crippen LogP contribution in [0.1, 0.15) is 64.0 Å². The van der Waals surface area contributed by atoms with E-state index in [1.54, 1.807) is 20.8 Å². The number of esters is 2. The molecule has 1 amide bonds. The molecule has 7 heteroatoms. The highest BCUT2D eigenvalue weighted by atomic mass is 16.6. The fraction of sp³-hybridized carbons (Fsp3) is 0.464. The quantitative estimate of drug-likeness (QED) is 0.330. The Kier molecular flexibility index (Phi) is 7.15. The molecule has 1 aliphatic carbocycles. The van der Waals surface area contributed by atoms with Crippen molar-refractivity contribution in [2.75, 3.05) is 13.2 Å². The van der Waals surface area contributed by atoms with Gasteiger partial charge in [0.15, 0.2) is 12.1 Å². The highest BCUT2D eigenvalue weighted by molar-refractivity contribution is 5.94. The molecule has 2 atom stereocenters. The maximum absolute atomic E-state index is 12.8. The first-order chi connectivity index (χ1) is 16.7. The normalized spacial score (nSPS) is 18.3. The first-order valence-electron chi connectivity index (χ1n) is 12.2. The van der Waals surface area contributed by atoms with Gasteiger partial charge in [-0.3, -0.25) is 14.5 Å². The van der Waals surface area contributed by atoms with E-state index >= 15 is 0 Å². The van der Waals surface area contributed by atoms with Gasteiger partial charge in [-0.15, -0.1) is 0 Å². The number of piperidine rings is 1. The summed E-state index contributed by atoms with van der Waals surface area (Å²) in [5, 5.41) is 0. The summed E-state index contributed by atoms with van der Waals surface area (Å²) in [5.41, 5.74) is 3.82. The number of likely N-dealkylation sites (tertiary alicyclic amines) is 1. The lowest BCUT2D eigenvalue weighted by Gasteiger charge is -2.36. The van der Waals surface area contributed by atoms with Gasteiger partial charge in [0.25, 0.3) is 0 Å². The summed E-state index contributed by atoms with van der Waals surface area (Å²) in [6, 6.07) is 16.1. The summed E-state index contributed by atoms with van der Waals surface area (Å²) in [4.78, 5) is 39.6. The highest BCUT2D eigenvalue weighted by Gasteiger charge is 2.36. The largest absolute Gasteiger partial charge is 0.464 e. The molecule has 1 heterocycles. The second-order valence-electron chi connectivity index (χ2n) is 10.1. The predicted octanol–water partition coefficient (Wildman–Crippen LogP) is 5.27. The molecule has 186 valence electrons. The third-order valence-electron chi connectivity index (χ3n) is 6.39. The van der Waals surface area contributed by atoms with Crippen LogP contribution in [0.5, 0.6) is 0 Å². The molecule has 2 aliphatic rings. The third kappa shape index (κ3) is 5.50. The van der Waals surface area contributed by atoms with Crippen molar-refractivity contribution in [2.24, 2.45) is 5.92 Å². The molecule has 0 radical (unpaired) electrons. The van der Waals surface area contributed by atoms with Gasteiger partial charge < -0.3 is 14.2 Å². The molecular weight excluding hydrogens is 446 g/mol. The number of hydrogen-bond acceptors (Lipinski definition) is 6. The first kappa shape index (κ1) is 24.8. The fourth-order valence-electron chi connectivity index (χ4n) is 4.62. The summed E-state index contributed by atoms with van der Waals surface area (Å²) in [5.74, 6) is -2.54. The van der Waals surface area contributed by atoms with Crippen LogP contribution in [-0.4, -0.2) is 47.9 Å². The lowest BCUT2D eigenvalue weighted by molar-refractivity contribution is -0.172. The fourth-order valence-corrected chi connectivity index (χ4v) is 4.62. The van der Waals surface area contributed by atoms with E-state index in [2.05, 4.69) is 12.1 Å². The van der Waals surface area contributed by atoms with Crippen LogP contribution in [0.2, 0.25) is 0 Å². The van der Waals surface area contributed by atoms with Crippen molar-refractivity contribution in [1.82, 2.24) is 4.90 Å². The van der Waals surface area contributed by atoms with Gasteiger partial charge in [0.1, 0.15) is 12.2 Å². The molecule has 0 N–H and O–H groups in total. The van der Waals surface area contributed by atoms with Crippen LogP contribution in [0.15, 0.2) is 48.5 Å². The van der Waals surface area contributed by atoms with Crippen LogP contribution in [0.4, 0.5) is 4.79 Å². The molecule has 0 aromatic heterocycles. The molecule has 2 aromatic rings. The minimum Gasteiger partial charge on any atom is -0.464 e. The molecule has 4 rings (SSSR count). The van der Waals surface area contributed by atoms with Crippen LogP contribution in [-0.2, 0) is 23.8 Å².